The third kappa shape index (κ3) is 4.09. The van der Waals surface area contributed by atoms with E-state index in [0.717, 1.165) is 22.4 Å². The lowest BCUT2D eigenvalue weighted by Gasteiger charge is -2.39. The van der Waals surface area contributed by atoms with Crippen molar-refractivity contribution in [1.82, 2.24) is 0 Å². The summed E-state index contributed by atoms with van der Waals surface area (Å²) < 4.78 is 5.91. The van der Waals surface area contributed by atoms with Crippen LogP contribution in [0.1, 0.15) is 35.6 Å². The van der Waals surface area contributed by atoms with Gasteiger partial charge >= 0.3 is 0 Å². The van der Waals surface area contributed by atoms with Crippen LogP contribution in [0.5, 0.6) is 0 Å². The quantitative estimate of drug-likeness (QED) is 0.653. The minimum atomic E-state index is -0.757. The van der Waals surface area contributed by atoms with Gasteiger partial charge < -0.3 is 14.7 Å². The van der Waals surface area contributed by atoms with Crippen molar-refractivity contribution < 1.29 is 14.7 Å². The fraction of sp³-hybridized carbons (Fsp3) is 0.240. The van der Waals surface area contributed by atoms with Gasteiger partial charge in [-0.05, 0) is 23.6 Å². The van der Waals surface area contributed by atoms with Crippen molar-refractivity contribution in [3.63, 3.8) is 0 Å². The van der Waals surface area contributed by atoms with E-state index in [1.54, 1.807) is 0 Å². The van der Waals surface area contributed by atoms with Crippen LogP contribution in [0.25, 0.3) is 0 Å². The lowest BCUT2D eigenvalue weighted by atomic mass is 9.74. The molecule has 4 atom stereocenters. The molecule has 3 aromatic carbocycles. The van der Waals surface area contributed by atoms with E-state index in [1.165, 1.54) is 0 Å². The fourth-order valence-corrected chi connectivity index (χ4v) is 3.97. The molecule has 0 amide bonds. The van der Waals surface area contributed by atoms with Crippen molar-refractivity contribution in [3.05, 3.63) is 108 Å². The monoisotopic (exact) mass is 387 g/mol. The van der Waals surface area contributed by atoms with E-state index in [9.17, 15) is 5.11 Å². The average Bonchev–Trinajstić information content (AvgIpc) is 2.80. The molecular formula is C25H25NO3. The predicted octanol–water partition coefficient (Wildman–Crippen LogP) is 4.92. The molecule has 148 valence electrons. The number of oxime groups is 1. The first-order valence-corrected chi connectivity index (χ1v) is 9.98. The average molecular weight is 387 g/mol. The standard InChI is InChI=1S/C25H25NO3/c1-2-28-25-21(18-12-6-3-7-13-18)22(24(27)20-16-10-5-11-17-20)23(26-29-25)19-14-8-4-9-15-19/h3-17,21-22,24-25,27H,2H2,1H3/t21-,22-,24-,25-/m0/s1. The summed E-state index contributed by atoms with van der Waals surface area (Å²) in [7, 11) is 0. The van der Waals surface area contributed by atoms with Crippen LogP contribution >= 0.6 is 0 Å². The molecule has 0 unspecified atom stereocenters. The normalized spacial score (nSPS) is 22.4. The van der Waals surface area contributed by atoms with Crippen LogP contribution in [0.4, 0.5) is 0 Å². The lowest BCUT2D eigenvalue weighted by molar-refractivity contribution is -0.172. The highest BCUT2D eigenvalue weighted by Crippen LogP contribution is 2.43. The number of rotatable bonds is 6. The molecule has 0 spiro atoms. The van der Waals surface area contributed by atoms with Gasteiger partial charge in [0.25, 0.3) is 0 Å². The van der Waals surface area contributed by atoms with E-state index >= 15 is 0 Å². The molecule has 0 bridgehead atoms. The largest absolute Gasteiger partial charge is 0.388 e. The Hall–Kier alpha value is -2.95. The number of nitrogens with zero attached hydrogens (tertiary/aromatic N) is 1. The van der Waals surface area contributed by atoms with Gasteiger partial charge in [-0.3, -0.25) is 0 Å². The zero-order chi connectivity index (χ0) is 20.1. The molecule has 3 aromatic rings. The summed E-state index contributed by atoms with van der Waals surface area (Å²) in [6.07, 6.45) is -1.33. The maximum atomic E-state index is 11.5. The molecule has 4 heteroatoms. The number of benzene rings is 3. The molecule has 4 nitrogen and oxygen atoms in total. The molecule has 1 N–H and O–H groups in total. The summed E-state index contributed by atoms with van der Waals surface area (Å²) in [6.45, 7) is 2.43. The first-order valence-electron chi connectivity index (χ1n) is 9.98. The Labute approximate surface area is 171 Å². The van der Waals surface area contributed by atoms with Crippen molar-refractivity contribution in [2.75, 3.05) is 6.61 Å². The second-order valence-corrected chi connectivity index (χ2v) is 7.09. The Bertz CT molecular complexity index is 928. The van der Waals surface area contributed by atoms with Crippen LogP contribution in [-0.4, -0.2) is 23.7 Å². The Morgan fingerprint density at radius 3 is 2.10 bits per heavy atom. The van der Waals surface area contributed by atoms with Crippen molar-refractivity contribution in [2.45, 2.75) is 25.2 Å². The smallest absolute Gasteiger partial charge is 0.234 e. The molecule has 4 rings (SSSR count). The van der Waals surface area contributed by atoms with E-state index in [4.69, 9.17) is 9.57 Å². The maximum Gasteiger partial charge on any atom is 0.234 e. The van der Waals surface area contributed by atoms with Crippen LogP contribution in [0.3, 0.4) is 0 Å². The highest BCUT2D eigenvalue weighted by molar-refractivity contribution is 6.03. The van der Waals surface area contributed by atoms with E-state index in [2.05, 4.69) is 17.3 Å². The van der Waals surface area contributed by atoms with Gasteiger partial charge in [-0.25, -0.2) is 0 Å². The summed E-state index contributed by atoms with van der Waals surface area (Å²) in [5.41, 5.74) is 3.56. The molecule has 1 aliphatic rings. The molecular weight excluding hydrogens is 362 g/mol. The molecule has 29 heavy (non-hydrogen) atoms. The summed E-state index contributed by atoms with van der Waals surface area (Å²) >= 11 is 0. The van der Waals surface area contributed by atoms with Crippen LogP contribution in [0.2, 0.25) is 0 Å². The van der Waals surface area contributed by atoms with Crippen LogP contribution < -0.4 is 0 Å². The first-order chi connectivity index (χ1) is 14.3. The molecule has 0 fully saturated rings. The number of hydrogen-bond acceptors (Lipinski definition) is 4. The van der Waals surface area contributed by atoms with Gasteiger partial charge in [0.1, 0.15) is 0 Å². The van der Waals surface area contributed by atoms with Gasteiger partial charge in [0.15, 0.2) is 0 Å². The molecule has 0 aromatic heterocycles. The summed E-state index contributed by atoms with van der Waals surface area (Å²) in [6, 6.07) is 29.7. The number of hydrogen-bond donors (Lipinski definition) is 1. The van der Waals surface area contributed by atoms with Gasteiger partial charge in [-0.2, -0.15) is 0 Å². The van der Waals surface area contributed by atoms with Gasteiger partial charge in [0.2, 0.25) is 6.29 Å². The Kier molecular flexibility index (Phi) is 6.03. The second-order valence-electron chi connectivity index (χ2n) is 7.09. The SMILES string of the molecule is CCO[C@H]1ON=C(c2ccccc2)[C@@H]([C@@H](O)c2ccccc2)[C@@H]1c1ccccc1. The third-order valence-electron chi connectivity index (χ3n) is 5.32. The zero-order valence-electron chi connectivity index (χ0n) is 16.4. The van der Waals surface area contributed by atoms with Gasteiger partial charge in [0, 0.05) is 12.5 Å². The van der Waals surface area contributed by atoms with Crippen LogP contribution in [-0.2, 0) is 9.57 Å². The molecule has 0 saturated carbocycles. The van der Waals surface area contributed by atoms with E-state index in [1.807, 2.05) is 85.8 Å². The molecule has 0 aliphatic carbocycles. The first kappa shape index (κ1) is 19.4. The third-order valence-corrected chi connectivity index (χ3v) is 5.32. The summed E-state index contributed by atoms with van der Waals surface area (Å²) in [4.78, 5) is 5.82. The molecule has 1 heterocycles. The van der Waals surface area contributed by atoms with E-state index in [0.29, 0.717) is 6.61 Å². The van der Waals surface area contributed by atoms with Gasteiger partial charge in [0.05, 0.1) is 17.7 Å². The van der Waals surface area contributed by atoms with Crippen molar-refractivity contribution in [1.29, 1.82) is 0 Å². The van der Waals surface area contributed by atoms with E-state index < -0.39 is 12.4 Å². The summed E-state index contributed by atoms with van der Waals surface area (Å²) in [5.74, 6) is -0.536. The van der Waals surface area contributed by atoms with Crippen LogP contribution in [0, 0.1) is 5.92 Å². The minimum Gasteiger partial charge on any atom is -0.388 e. The second kappa shape index (κ2) is 9.03. The highest BCUT2D eigenvalue weighted by Gasteiger charge is 2.44. The Morgan fingerprint density at radius 2 is 1.48 bits per heavy atom. The van der Waals surface area contributed by atoms with Gasteiger partial charge in [-0.1, -0.05) is 96.2 Å². The fourth-order valence-electron chi connectivity index (χ4n) is 3.97. The molecule has 0 radical (unpaired) electrons. The zero-order valence-corrected chi connectivity index (χ0v) is 16.4. The Morgan fingerprint density at radius 1 is 0.897 bits per heavy atom. The van der Waals surface area contributed by atoms with Crippen molar-refractivity contribution >= 4 is 5.71 Å². The predicted molar refractivity (Wildman–Crippen MR) is 114 cm³/mol. The van der Waals surface area contributed by atoms with Crippen molar-refractivity contribution in [2.24, 2.45) is 11.1 Å². The molecule has 0 saturated heterocycles. The summed E-state index contributed by atoms with van der Waals surface area (Å²) in [5, 5.41) is 15.9. The number of aliphatic hydroxyl groups excluding tert-OH is 1. The highest BCUT2D eigenvalue weighted by atomic mass is 16.8. The van der Waals surface area contributed by atoms with E-state index in [-0.39, 0.29) is 11.8 Å². The minimum absolute atomic E-state index is 0.209. The number of aliphatic hydroxyl groups is 1. The maximum absolute atomic E-state index is 11.5. The lowest BCUT2D eigenvalue weighted by Crippen LogP contribution is -2.41. The Balaban J connectivity index is 1.85. The van der Waals surface area contributed by atoms with Gasteiger partial charge in [-0.15, -0.1) is 0 Å². The van der Waals surface area contributed by atoms with Crippen LogP contribution in [0.15, 0.2) is 96.2 Å². The topological polar surface area (TPSA) is 51.0 Å². The molecule has 1 aliphatic heterocycles. The van der Waals surface area contributed by atoms with Crippen molar-refractivity contribution in [3.8, 4) is 0 Å². The number of ether oxygens (including phenoxy) is 1.